The Morgan fingerprint density at radius 2 is 2.44 bits per heavy atom. The van der Waals surface area contributed by atoms with E-state index in [1.165, 1.54) is 19.3 Å². The van der Waals surface area contributed by atoms with Gasteiger partial charge in [0.05, 0.1) is 6.61 Å². The molecule has 1 N–H and O–H groups in total. The van der Waals surface area contributed by atoms with E-state index in [2.05, 4.69) is 4.90 Å². The molecular formula is C12H21NO3. The molecule has 0 spiro atoms. The molecule has 92 valence electrons. The van der Waals surface area contributed by atoms with Gasteiger partial charge in [-0.25, -0.2) is 0 Å². The SMILES string of the molecule is COC[C@]12CCC[C@@H]1CN([C@H](C)C(=O)O)C2. The lowest BCUT2D eigenvalue weighted by molar-refractivity contribution is -0.142. The zero-order valence-electron chi connectivity index (χ0n) is 10.1. The van der Waals surface area contributed by atoms with Crippen molar-refractivity contribution >= 4 is 5.97 Å². The maximum Gasteiger partial charge on any atom is 0.320 e. The summed E-state index contributed by atoms with van der Waals surface area (Å²) in [6.07, 6.45) is 3.68. The molecule has 0 bridgehead atoms. The second-order valence-electron chi connectivity index (χ2n) is 5.33. The first-order chi connectivity index (χ1) is 7.59. The highest BCUT2D eigenvalue weighted by Crippen LogP contribution is 2.49. The minimum absolute atomic E-state index is 0.235. The van der Waals surface area contributed by atoms with Crippen LogP contribution in [0.4, 0.5) is 0 Å². The highest BCUT2D eigenvalue weighted by Gasteiger charge is 2.50. The van der Waals surface area contributed by atoms with Crippen molar-refractivity contribution < 1.29 is 14.6 Å². The highest BCUT2D eigenvalue weighted by molar-refractivity contribution is 5.72. The topological polar surface area (TPSA) is 49.8 Å². The number of likely N-dealkylation sites (tertiary alicyclic amines) is 1. The van der Waals surface area contributed by atoms with Gasteiger partial charge in [0, 0.05) is 25.6 Å². The first kappa shape index (κ1) is 11.9. The van der Waals surface area contributed by atoms with E-state index in [1.54, 1.807) is 14.0 Å². The first-order valence-electron chi connectivity index (χ1n) is 6.05. The molecule has 0 aromatic carbocycles. The molecule has 0 aromatic rings. The van der Waals surface area contributed by atoms with Crippen LogP contribution < -0.4 is 0 Å². The molecule has 1 heterocycles. The maximum absolute atomic E-state index is 11.0. The molecule has 3 atom stereocenters. The highest BCUT2D eigenvalue weighted by atomic mass is 16.5. The summed E-state index contributed by atoms with van der Waals surface area (Å²) >= 11 is 0. The predicted molar refractivity (Wildman–Crippen MR) is 60.3 cm³/mol. The molecule has 16 heavy (non-hydrogen) atoms. The van der Waals surface area contributed by atoms with Crippen molar-refractivity contribution in [2.45, 2.75) is 32.2 Å². The quantitative estimate of drug-likeness (QED) is 0.784. The number of hydrogen-bond donors (Lipinski definition) is 1. The van der Waals surface area contributed by atoms with Crippen LogP contribution in [-0.2, 0) is 9.53 Å². The third-order valence-electron chi connectivity index (χ3n) is 4.40. The maximum atomic E-state index is 11.0. The minimum Gasteiger partial charge on any atom is -0.480 e. The average Bonchev–Trinajstić information content (AvgIpc) is 2.73. The molecule has 0 unspecified atom stereocenters. The van der Waals surface area contributed by atoms with Crippen LogP contribution in [0.25, 0.3) is 0 Å². The fourth-order valence-electron chi connectivity index (χ4n) is 3.43. The molecule has 0 amide bonds. The minimum atomic E-state index is -0.715. The third-order valence-corrected chi connectivity index (χ3v) is 4.40. The molecule has 2 rings (SSSR count). The van der Waals surface area contributed by atoms with Crippen LogP contribution in [0.3, 0.4) is 0 Å². The first-order valence-corrected chi connectivity index (χ1v) is 6.05. The van der Waals surface area contributed by atoms with Gasteiger partial charge in [0.2, 0.25) is 0 Å². The Morgan fingerprint density at radius 1 is 1.69 bits per heavy atom. The van der Waals surface area contributed by atoms with Gasteiger partial charge in [0.25, 0.3) is 0 Å². The number of ether oxygens (including phenoxy) is 1. The van der Waals surface area contributed by atoms with Crippen LogP contribution in [0.15, 0.2) is 0 Å². The van der Waals surface area contributed by atoms with E-state index in [9.17, 15) is 4.79 Å². The smallest absolute Gasteiger partial charge is 0.320 e. The van der Waals surface area contributed by atoms with E-state index in [0.29, 0.717) is 5.92 Å². The summed E-state index contributed by atoms with van der Waals surface area (Å²) in [5.41, 5.74) is 0.235. The normalized spacial score (nSPS) is 36.2. The molecular weight excluding hydrogens is 206 g/mol. The number of aliphatic carboxylic acids is 1. The number of carboxylic acid groups (broad SMARTS) is 1. The van der Waals surface area contributed by atoms with E-state index in [4.69, 9.17) is 9.84 Å². The predicted octanol–water partition coefficient (Wildman–Crippen LogP) is 1.21. The van der Waals surface area contributed by atoms with E-state index in [-0.39, 0.29) is 11.5 Å². The molecule has 0 radical (unpaired) electrons. The number of carbonyl (C=O) groups is 1. The molecule has 0 aromatic heterocycles. The molecule has 1 aliphatic heterocycles. The zero-order chi connectivity index (χ0) is 11.8. The van der Waals surface area contributed by atoms with Crippen molar-refractivity contribution in [3.63, 3.8) is 0 Å². The fraction of sp³-hybridized carbons (Fsp3) is 0.917. The molecule has 4 heteroatoms. The van der Waals surface area contributed by atoms with Gasteiger partial charge in [-0.3, -0.25) is 9.69 Å². The van der Waals surface area contributed by atoms with Crippen LogP contribution in [-0.4, -0.2) is 48.8 Å². The largest absolute Gasteiger partial charge is 0.480 e. The Bertz CT molecular complexity index is 281. The molecule has 4 nitrogen and oxygen atoms in total. The lowest BCUT2D eigenvalue weighted by atomic mass is 9.82. The lowest BCUT2D eigenvalue weighted by Gasteiger charge is -2.28. The van der Waals surface area contributed by atoms with Crippen LogP contribution in [0, 0.1) is 11.3 Å². The number of carboxylic acids is 1. The second-order valence-corrected chi connectivity index (χ2v) is 5.33. The fourth-order valence-corrected chi connectivity index (χ4v) is 3.43. The number of methoxy groups -OCH3 is 1. The van der Waals surface area contributed by atoms with E-state index >= 15 is 0 Å². The summed E-state index contributed by atoms with van der Waals surface area (Å²) in [6, 6.07) is -0.362. The zero-order valence-corrected chi connectivity index (χ0v) is 10.1. The molecule has 1 saturated heterocycles. The van der Waals surface area contributed by atoms with Gasteiger partial charge >= 0.3 is 5.97 Å². The molecule has 2 aliphatic rings. The van der Waals surface area contributed by atoms with Crippen molar-refractivity contribution in [3.05, 3.63) is 0 Å². The van der Waals surface area contributed by atoms with Gasteiger partial charge in [-0.2, -0.15) is 0 Å². The van der Waals surface area contributed by atoms with Crippen LogP contribution in [0.1, 0.15) is 26.2 Å². The third kappa shape index (κ3) is 1.84. The van der Waals surface area contributed by atoms with Crippen LogP contribution in [0.5, 0.6) is 0 Å². The molecule has 1 saturated carbocycles. The van der Waals surface area contributed by atoms with Crippen molar-refractivity contribution in [1.29, 1.82) is 0 Å². The number of fused-ring (bicyclic) bond motifs is 1. The summed E-state index contributed by atoms with van der Waals surface area (Å²) in [5, 5.41) is 9.05. The van der Waals surface area contributed by atoms with Gasteiger partial charge in [-0.15, -0.1) is 0 Å². The Balaban J connectivity index is 2.07. The van der Waals surface area contributed by atoms with Crippen molar-refractivity contribution in [1.82, 2.24) is 4.90 Å². The number of hydrogen-bond acceptors (Lipinski definition) is 3. The molecule has 1 aliphatic carbocycles. The Hall–Kier alpha value is -0.610. The Labute approximate surface area is 96.6 Å². The average molecular weight is 227 g/mol. The standard InChI is InChI=1S/C12H21NO3/c1-9(11(14)15)13-6-10-4-3-5-12(10,7-13)8-16-2/h9-10H,3-8H2,1-2H3,(H,14,15)/t9-,10-,12-/m1/s1. The van der Waals surface area contributed by atoms with Gasteiger partial charge in [0.1, 0.15) is 6.04 Å². The summed E-state index contributed by atoms with van der Waals surface area (Å²) in [5.74, 6) is -0.0817. The summed E-state index contributed by atoms with van der Waals surface area (Å²) in [7, 11) is 1.74. The van der Waals surface area contributed by atoms with Gasteiger partial charge < -0.3 is 9.84 Å². The van der Waals surface area contributed by atoms with Crippen LogP contribution in [0.2, 0.25) is 0 Å². The second kappa shape index (κ2) is 4.34. The van der Waals surface area contributed by atoms with Crippen molar-refractivity contribution in [2.75, 3.05) is 26.8 Å². The van der Waals surface area contributed by atoms with E-state index < -0.39 is 5.97 Å². The van der Waals surface area contributed by atoms with E-state index in [1.807, 2.05) is 0 Å². The lowest BCUT2D eigenvalue weighted by Crippen LogP contribution is -2.39. The van der Waals surface area contributed by atoms with Crippen molar-refractivity contribution in [2.24, 2.45) is 11.3 Å². The van der Waals surface area contributed by atoms with Crippen LogP contribution >= 0.6 is 0 Å². The van der Waals surface area contributed by atoms with Gasteiger partial charge in [-0.05, 0) is 25.7 Å². The monoisotopic (exact) mass is 227 g/mol. The Kier molecular flexibility index (Phi) is 3.22. The number of nitrogens with zero attached hydrogens (tertiary/aromatic N) is 1. The molecule has 2 fully saturated rings. The van der Waals surface area contributed by atoms with Gasteiger partial charge in [-0.1, -0.05) is 6.42 Å². The Morgan fingerprint density at radius 3 is 3.06 bits per heavy atom. The van der Waals surface area contributed by atoms with Crippen molar-refractivity contribution in [3.8, 4) is 0 Å². The summed E-state index contributed by atoms with van der Waals surface area (Å²) in [6.45, 7) is 4.38. The van der Waals surface area contributed by atoms with E-state index in [0.717, 1.165) is 19.7 Å². The summed E-state index contributed by atoms with van der Waals surface area (Å²) < 4.78 is 5.34. The van der Waals surface area contributed by atoms with Gasteiger partial charge in [0.15, 0.2) is 0 Å². The summed E-state index contributed by atoms with van der Waals surface area (Å²) in [4.78, 5) is 13.1. The number of rotatable bonds is 4.